The molecule has 0 heterocycles. The normalized spacial score (nSPS) is 11.0. The van der Waals surface area contributed by atoms with E-state index in [1.165, 1.54) is 7.11 Å². The molecular weight excluding hydrogens is 320 g/mol. The number of methoxy groups -OCH3 is 1. The summed E-state index contributed by atoms with van der Waals surface area (Å²) in [5.74, 6) is 0.588. The highest BCUT2D eigenvalue weighted by atomic mass is 16.5. The Labute approximate surface area is 150 Å². The summed E-state index contributed by atoms with van der Waals surface area (Å²) in [6.07, 6.45) is 0. The summed E-state index contributed by atoms with van der Waals surface area (Å²) in [4.78, 5) is 26.3. The van der Waals surface area contributed by atoms with Gasteiger partial charge in [0.2, 0.25) is 0 Å². The first-order valence-corrected chi connectivity index (χ1v) is 8.60. The number of hydrogen-bond acceptors (Lipinski definition) is 4. The van der Waals surface area contributed by atoms with Gasteiger partial charge >= 0.3 is 0 Å². The summed E-state index contributed by atoms with van der Waals surface area (Å²) in [7, 11) is 1.51. The molecule has 0 bridgehead atoms. The largest absolute Gasteiger partial charge is 0.493 e. The van der Waals surface area contributed by atoms with Gasteiger partial charge in [-0.2, -0.15) is 0 Å². The fraction of sp³-hybridized carbons (Fsp3) is 0.579. The van der Waals surface area contributed by atoms with E-state index in [4.69, 9.17) is 9.47 Å². The molecule has 0 atom stereocenters. The van der Waals surface area contributed by atoms with Gasteiger partial charge in [-0.25, -0.2) is 0 Å². The molecule has 0 saturated heterocycles. The van der Waals surface area contributed by atoms with Crippen LogP contribution in [0, 0.1) is 0 Å². The van der Waals surface area contributed by atoms with E-state index in [1.807, 2.05) is 46.4 Å². The first-order chi connectivity index (χ1) is 11.7. The number of benzene rings is 1. The summed E-state index contributed by atoms with van der Waals surface area (Å²) in [5.41, 5.74) is 0.526. The fourth-order valence-electron chi connectivity index (χ4n) is 2.64. The zero-order chi connectivity index (χ0) is 19.1. The molecule has 1 aromatic carbocycles. The molecular formula is C19H30N2O4. The molecule has 0 fully saturated rings. The minimum atomic E-state index is -0.206. The molecule has 1 rings (SSSR count). The van der Waals surface area contributed by atoms with Crippen LogP contribution in [-0.2, 0) is 4.79 Å². The predicted molar refractivity (Wildman–Crippen MR) is 98.2 cm³/mol. The summed E-state index contributed by atoms with van der Waals surface area (Å²) >= 11 is 0. The van der Waals surface area contributed by atoms with E-state index in [9.17, 15) is 9.59 Å². The second-order valence-corrected chi connectivity index (χ2v) is 6.78. The molecule has 25 heavy (non-hydrogen) atoms. The Bertz CT molecular complexity index is 589. The van der Waals surface area contributed by atoms with Crippen LogP contribution in [0.3, 0.4) is 0 Å². The lowest BCUT2D eigenvalue weighted by atomic mass is 10.1. The van der Waals surface area contributed by atoms with Crippen LogP contribution in [0.25, 0.3) is 0 Å². The molecule has 0 aromatic heterocycles. The van der Waals surface area contributed by atoms with Gasteiger partial charge in [0.25, 0.3) is 11.8 Å². The molecule has 0 unspecified atom stereocenters. The minimum Gasteiger partial charge on any atom is -0.493 e. The first kappa shape index (κ1) is 20.8. The highest BCUT2D eigenvalue weighted by molar-refractivity contribution is 5.95. The van der Waals surface area contributed by atoms with Crippen LogP contribution in [0.1, 0.15) is 51.9 Å². The second-order valence-electron chi connectivity index (χ2n) is 6.78. The van der Waals surface area contributed by atoms with E-state index < -0.39 is 0 Å². The van der Waals surface area contributed by atoms with Crippen LogP contribution in [-0.4, -0.2) is 48.6 Å². The lowest BCUT2D eigenvalue weighted by Crippen LogP contribution is -2.42. The quantitative estimate of drug-likeness (QED) is 0.783. The van der Waals surface area contributed by atoms with Crippen molar-refractivity contribution >= 4 is 11.8 Å². The molecule has 0 aliphatic carbocycles. The van der Waals surface area contributed by atoms with Gasteiger partial charge in [0.1, 0.15) is 0 Å². The Morgan fingerprint density at radius 1 is 1.04 bits per heavy atom. The predicted octanol–water partition coefficient (Wildman–Crippen LogP) is 2.86. The lowest BCUT2D eigenvalue weighted by Gasteiger charge is -2.31. The van der Waals surface area contributed by atoms with Crippen molar-refractivity contribution in [2.45, 2.75) is 59.7 Å². The van der Waals surface area contributed by atoms with Gasteiger partial charge in [-0.1, -0.05) is 0 Å². The van der Waals surface area contributed by atoms with Crippen LogP contribution in [0.15, 0.2) is 18.2 Å². The topological polar surface area (TPSA) is 67.9 Å². The summed E-state index contributed by atoms with van der Waals surface area (Å²) in [5, 5.41) is 2.75. The maximum absolute atomic E-state index is 12.8. The number of nitrogens with one attached hydrogen (secondary N) is 1. The van der Waals surface area contributed by atoms with Crippen molar-refractivity contribution in [2.75, 3.05) is 13.7 Å². The van der Waals surface area contributed by atoms with E-state index in [2.05, 4.69) is 5.32 Å². The monoisotopic (exact) mass is 350 g/mol. The fourth-order valence-corrected chi connectivity index (χ4v) is 2.64. The Kier molecular flexibility index (Phi) is 7.74. The first-order valence-electron chi connectivity index (χ1n) is 8.60. The Balaban J connectivity index is 2.94. The molecule has 6 heteroatoms. The number of ether oxygens (including phenoxy) is 2. The second kappa shape index (κ2) is 9.30. The standard InChI is InChI=1S/C19H30N2O4/c1-12(2)20-18(22)11-25-16-9-8-15(10-17(16)24-7)19(23)21(13(3)4)14(5)6/h8-10,12-14H,11H2,1-7H3,(H,20,22). The van der Waals surface area contributed by atoms with Crippen LogP contribution in [0.4, 0.5) is 0 Å². The maximum atomic E-state index is 12.8. The van der Waals surface area contributed by atoms with Crippen LogP contribution < -0.4 is 14.8 Å². The highest BCUT2D eigenvalue weighted by Crippen LogP contribution is 2.29. The van der Waals surface area contributed by atoms with Crippen molar-refractivity contribution in [3.8, 4) is 11.5 Å². The zero-order valence-electron chi connectivity index (χ0n) is 16.3. The van der Waals surface area contributed by atoms with E-state index >= 15 is 0 Å². The SMILES string of the molecule is COc1cc(C(=O)N(C(C)C)C(C)C)ccc1OCC(=O)NC(C)C. The van der Waals surface area contributed by atoms with Crippen molar-refractivity contribution in [2.24, 2.45) is 0 Å². The molecule has 6 nitrogen and oxygen atoms in total. The average Bonchev–Trinajstić information content (AvgIpc) is 2.51. The average molecular weight is 350 g/mol. The third kappa shape index (κ3) is 5.96. The number of carbonyl (C=O) groups is 2. The number of amides is 2. The number of nitrogens with zero attached hydrogens (tertiary/aromatic N) is 1. The summed E-state index contributed by atoms with van der Waals surface area (Å²) in [6, 6.07) is 5.24. The number of rotatable bonds is 8. The molecule has 2 amide bonds. The van der Waals surface area contributed by atoms with Crippen LogP contribution >= 0.6 is 0 Å². The third-order valence-corrected chi connectivity index (χ3v) is 3.57. The molecule has 0 saturated carbocycles. The van der Waals surface area contributed by atoms with E-state index in [0.29, 0.717) is 17.1 Å². The van der Waals surface area contributed by atoms with Gasteiger partial charge in [-0.15, -0.1) is 0 Å². The van der Waals surface area contributed by atoms with Crippen molar-refractivity contribution in [3.05, 3.63) is 23.8 Å². The van der Waals surface area contributed by atoms with E-state index in [1.54, 1.807) is 18.2 Å². The zero-order valence-corrected chi connectivity index (χ0v) is 16.3. The highest BCUT2D eigenvalue weighted by Gasteiger charge is 2.22. The Morgan fingerprint density at radius 2 is 1.64 bits per heavy atom. The van der Waals surface area contributed by atoms with Crippen LogP contribution in [0.2, 0.25) is 0 Å². The van der Waals surface area contributed by atoms with Gasteiger partial charge < -0.3 is 19.7 Å². The summed E-state index contributed by atoms with van der Waals surface area (Å²) < 4.78 is 10.8. The molecule has 1 aromatic rings. The molecule has 0 aliphatic rings. The van der Waals surface area contributed by atoms with Crippen molar-refractivity contribution in [3.63, 3.8) is 0 Å². The van der Waals surface area contributed by atoms with E-state index in [0.717, 1.165) is 0 Å². The number of hydrogen-bond donors (Lipinski definition) is 1. The minimum absolute atomic E-state index is 0.0519. The molecule has 0 aliphatic heterocycles. The smallest absolute Gasteiger partial charge is 0.258 e. The van der Waals surface area contributed by atoms with Gasteiger partial charge in [0.15, 0.2) is 18.1 Å². The molecule has 1 N–H and O–H groups in total. The van der Waals surface area contributed by atoms with Gasteiger partial charge in [-0.3, -0.25) is 9.59 Å². The maximum Gasteiger partial charge on any atom is 0.258 e. The number of carbonyl (C=O) groups excluding carboxylic acids is 2. The van der Waals surface area contributed by atoms with Gasteiger partial charge in [-0.05, 0) is 59.7 Å². The molecule has 0 radical (unpaired) electrons. The Morgan fingerprint density at radius 3 is 2.12 bits per heavy atom. The lowest BCUT2D eigenvalue weighted by molar-refractivity contribution is -0.123. The van der Waals surface area contributed by atoms with E-state index in [-0.39, 0.29) is 36.5 Å². The van der Waals surface area contributed by atoms with Crippen molar-refractivity contribution < 1.29 is 19.1 Å². The van der Waals surface area contributed by atoms with Gasteiger partial charge in [0.05, 0.1) is 7.11 Å². The summed E-state index contributed by atoms with van der Waals surface area (Å²) in [6.45, 7) is 11.6. The third-order valence-electron chi connectivity index (χ3n) is 3.57. The molecule has 140 valence electrons. The molecule has 0 spiro atoms. The van der Waals surface area contributed by atoms with Gasteiger partial charge in [0, 0.05) is 23.7 Å². The Hall–Kier alpha value is -2.24. The van der Waals surface area contributed by atoms with Crippen LogP contribution in [0.5, 0.6) is 11.5 Å². The van der Waals surface area contributed by atoms with Crippen molar-refractivity contribution in [1.82, 2.24) is 10.2 Å². The van der Waals surface area contributed by atoms with Crippen molar-refractivity contribution in [1.29, 1.82) is 0 Å².